The van der Waals surface area contributed by atoms with E-state index in [2.05, 4.69) is 39.9 Å². The number of aromatic nitrogens is 6. The molecule has 1 aromatic carbocycles. The van der Waals surface area contributed by atoms with Crippen LogP contribution in [-0.4, -0.2) is 60.3 Å². The number of rotatable bonds is 4. The van der Waals surface area contributed by atoms with E-state index in [0.717, 1.165) is 93.0 Å². The van der Waals surface area contributed by atoms with E-state index >= 15 is 0 Å². The third-order valence-electron chi connectivity index (χ3n) is 8.33. The number of aryl methyl sites for hydroxylation is 3. The molecule has 1 saturated carbocycles. The van der Waals surface area contributed by atoms with Gasteiger partial charge < -0.3 is 14.9 Å². The monoisotopic (exact) mass is 518 g/mol. The molecule has 10 heteroatoms. The first-order valence-electron chi connectivity index (χ1n) is 13.1. The van der Waals surface area contributed by atoms with Gasteiger partial charge in [-0.15, -0.1) is 0 Å². The average molecular weight is 519 g/mol. The van der Waals surface area contributed by atoms with Crippen molar-refractivity contribution in [2.75, 3.05) is 22.9 Å². The molecule has 2 N–H and O–H groups in total. The fourth-order valence-corrected chi connectivity index (χ4v) is 6.36. The van der Waals surface area contributed by atoms with Crippen LogP contribution in [-0.2, 0) is 20.0 Å². The highest BCUT2D eigenvalue weighted by atomic mass is 35.5. The Bertz CT molecular complexity index is 1550. The van der Waals surface area contributed by atoms with Crippen molar-refractivity contribution >= 4 is 34.1 Å². The van der Waals surface area contributed by atoms with Crippen molar-refractivity contribution in [2.24, 2.45) is 7.05 Å². The summed E-state index contributed by atoms with van der Waals surface area (Å²) in [7, 11) is 1.98. The number of aromatic amines is 1. The Balaban J connectivity index is 1.36. The second kappa shape index (κ2) is 8.16. The van der Waals surface area contributed by atoms with Crippen LogP contribution in [0.4, 0.5) is 11.6 Å². The molecule has 0 radical (unpaired) electrons. The van der Waals surface area contributed by atoms with Gasteiger partial charge in [0.25, 0.3) is 0 Å². The molecule has 1 saturated heterocycles. The van der Waals surface area contributed by atoms with Crippen LogP contribution in [0.2, 0.25) is 5.02 Å². The summed E-state index contributed by atoms with van der Waals surface area (Å²) in [5, 5.41) is 24.6. The molecule has 2 fully saturated rings. The number of β-amino-alcohol motifs (C(OH)–C–C–N with tert-alkyl or cyclic N) is 1. The van der Waals surface area contributed by atoms with E-state index in [1.54, 1.807) is 0 Å². The number of aliphatic hydroxyl groups excluding tert-OH is 1. The van der Waals surface area contributed by atoms with Crippen molar-refractivity contribution in [1.82, 2.24) is 29.9 Å². The Morgan fingerprint density at radius 1 is 1.16 bits per heavy atom. The van der Waals surface area contributed by atoms with E-state index in [1.807, 2.05) is 24.7 Å². The molecule has 3 aromatic heterocycles. The average Bonchev–Trinajstić information content (AvgIpc) is 3.60. The molecule has 2 atom stereocenters. The molecular formula is C27H31ClN8O. The van der Waals surface area contributed by atoms with Gasteiger partial charge in [-0.3, -0.25) is 9.78 Å². The maximum Gasteiger partial charge on any atom is 0.162 e. The van der Waals surface area contributed by atoms with Crippen molar-refractivity contribution < 1.29 is 5.11 Å². The first-order valence-corrected chi connectivity index (χ1v) is 13.5. The van der Waals surface area contributed by atoms with E-state index in [0.29, 0.717) is 19.0 Å². The van der Waals surface area contributed by atoms with Crippen molar-refractivity contribution in [3.63, 3.8) is 0 Å². The fraction of sp³-hybridized carbons (Fsp3) is 0.481. The number of nitrogens with one attached hydrogen (secondary N) is 1. The normalized spacial score (nSPS) is 21.5. The van der Waals surface area contributed by atoms with Crippen LogP contribution in [0.3, 0.4) is 0 Å². The van der Waals surface area contributed by atoms with Crippen molar-refractivity contribution in [1.29, 1.82) is 0 Å². The molecule has 7 rings (SSSR count). The van der Waals surface area contributed by atoms with Crippen LogP contribution in [0.25, 0.3) is 22.3 Å². The summed E-state index contributed by atoms with van der Waals surface area (Å²) in [5.74, 6) is 3.08. The van der Waals surface area contributed by atoms with E-state index in [4.69, 9.17) is 26.7 Å². The Labute approximate surface area is 220 Å². The minimum Gasteiger partial charge on any atom is -0.389 e. The number of halogens is 1. The highest BCUT2D eigenvalue weighted by Crippen LogP contribution is 2.46. The number of nitrogens with zero attached hydrogens (tertiary/aromatic N) is 7. The van der Waals surface area contributed by atoms with Crippen molar-refractivity contribution in [3.8, 4) is 11.4 Å². The summed E-state index contributed by atoms with van der Waals surface area (Å²) in [5.41, 5.74) is 7.25. The van der Waals surface area contributed by atoms with Crippen LogP contribution in [0.15, 0.2) is 12.1 Å². The molecule has 3 aliphatic rings. The molecule has 5 heterocycles. The molecule has 0 amide bonds. The van der Waals surface area contributed by atoms with Gasteiger partial charge in [0.15, 0.2) is 5.82 Å². The lowest BCUT2D eigenvalue weighted by Crippen LogP contribution is -2.59. The molecule has 0 unspecified atom stereocenters. The van der Waals surface area contributed by atoms with Gasteiger partial charge in [0.05, 0.1) is 29.1 Å². The number of benzene rings is 1. The summed E-state index contributed by atoms with van der Waals surface area (Å²) in [4.78, 5) is 14.9. The molecule has 0 spiro atoms. The Morgan fingerprint density at radius 2 is 1.97 bits per heavy atom. The highest BCUT2D eigenvalue weighted by molar-refractivity contribution is 6.33. The minimum atomic E-state index is -0.359. The van der Waals surface area contributed by atoms with Crippen LogP contribution in [0.5, 0.6) is 0 Å². The van der Waals surface area contributed by atoms with Crippen LogP contribution >= 0.6 is 11.6 Å². The first kappa shape index (κ1) is 23.0. The predicted octanol–water partition coefficient (Wildman–Crippen LogP) is 4.03. The lowest BCUT2D eigenvalue weighted by molar-refractivity contribution is 0.0985. The van der Waals surface area contributed by atoms with E-state index in [9.17, 15) is 5.11 Å². The zero-order valence-corrected chi connectivity index (χ0v) is 22.3. The van der Waals surface area contributed by atoms with Gasteiger partial charge in [-0.25, -0.2) is 9.97 Å². The van der Waals surface area contributed by atoms with Crippen molar-refractivity contribution in [3.05, 3.63) is 45.4 Å². The van der Waals surface area contributed by atoms with E-state index in [1.165, 1.54) is 0 Å². The maximum atomic E-state index is 10.4. The van der Waals surface area contributed by atoms with Gasteiger partial charge in [0.1, 0.15) is 16.7 Å². The Morgan fingerprint density at radius 3 is 2.70 bits per heavy atom. The topological polar surface area (TPSA) is 99.0 Å². The van der Waals surface area contributed by atoms with Gasteiger partial charge in [-0.05, 0) is 45.2 Å². The Kier molecular flexibility index (Phi) is 5.07. The molecule has 4 aromatic rings. The standard InChI is InChI=1S/C27H31ClN8O/c1-13-5-8-19-22(14(2)31-32-19)21(13)25-29-18-9-10-35(27-23(28)24(16-6-7-16)33-34(27)4)11-17(18)26(30-25)36-12-20(37)15(36)3/h5,8,15-16,20,37H,6-7,9-12H2,1-4H3,(H,31,32)/t15-,20+/m0/s1. The second-order valence-corrected chi connectivity index (χ2v) is 11.2. The fourth-order valence-electron chi connectivity index (χ4n) is 5.92. The largest absolute Gasteiger partial charge is 0.389 e. The van der Waals surface area contributed by atoms with Gasteiger partial charge in [0, 0.05) is 61.2 Å². The zero-order chi connectivity index (χ0) is 25.6. The summed E-state index contributed by atoms with van der Waals surface area (Å²) >= 11 is 6.88. The number of fused-ring (bicyclic) bond motifs is 2. The SMILES string of the molecule is Cc1ccc2n[nH]c(C)c2c1-c1nc2c(c(N3C[C@@H](O)[C@@H]3C)n1)CN(c1c(Cl)c(C3CC3)nn1C)CC2. The lowest BCUT2D eigenvalue weighted by Gasteiger charge is -2.46. The third-order valence-corrected chi connectivity index (χ3v) is 8.69. The van der Waals surface area contributed by atoms with Gasteiger partial charge >= 0.3 is 0 Å². The Hall–Kier alpha value is -3.17. The number of hydrogen-bond acceptors (Lipinski definition) is 7. The summed E-state index contributed by atoms with van der Waals surface area (Å²) in [6, 6.07) is 4.12. The molecule has 9 nitrogen and oxygen atoms in total. The number of hydrogen-bond donors (Lipinski definition) is 2. The highest BCUT2D eigenvalue weighted by Gasteiger charge is 2.39. The quantitative estimate of drug-likeness (QED) is 0.420. The lowest BCUT2D eigenvalue weighted by atomic mass is 9.97. The van der Waals surface area contributed by atoms with Gasteiger partial charge in [0.2, 0.25) is 0 Å². The van der Waals surface area contributed by atoms with Crippen molar-refractivity contribution in [2.45, 2.75) is 64.6 Å². The number of aliphatic hydroxyl groups is 1. The minimum absolute atomic E-state index is 0.00321. The first-order chi connectivity index (χ1) is 17.8. The smallest absolute Gasteiger partial charge is 0.162 e. The summed E-state index contributed by atoms with van der Waals surface area (Å²) < 4.78 is 1.93. The van der Waals surface area contributed by atoms with E-state index < -0.39 is 0 Å². The molecule has 1 aliphatic carbocycles. The molecule has 0 bridgehead atoms. The van der Waals surface area contributed by atoms with Crippen LogP contribution in [0, 0.1) is 13.8 Å². The molecular weight excluding hydrogens is 488 g/mol. The summed E-state index contributed by atoms with van der Waals surface area (Å²) in [6.07, 6.45) is 2.75. The molecule has 192 valence electrons. The van der Waals surface area contributed by atoms with Crippen LogP contribution in [0.1, 0.15) is 53.9 Å². The zero-order valence-electron chi connectivity index (χ0n) is 21.6. The van der Waals surface area contributed by atoms with Gasteiger partial charge in [-0.2, -0.15) is 10.2 Å². The third kappa shape index (κ3) is 3.47. The van der Waals surface area contributed by atoms with E-state index in [-0.39, 0.29) is 12.1 Å². The second-order valence-electron chi connectivity index (χ2n) is 10.8. The van der Waals surface area contributed by atoms with Crippen LogP contribution < -0.4 is 9.80 Å². The summed E-state index contributed by atoms with van der Waals surface area (Å²) in [6.45, 7) is 8.21. The molecule has 37 heavy (non-hydrogen) atoms. The number of H-pyrrole nitrogens is 1. The maximum absolute atomic E-state index is 10.4. The molecule has 2 aliphatic heterocycles. The predicted molar refractivity (Wildman–Crippen MR) is 144 cm³/mol. The van der Waals surface area contributed by atoms with Gasteiger partial charge in [-0.1, -0.05) is 17.7 Å². The number of anilines is 2.